The first-order valence-electron chi connectivity index (χ1n) is 6.40. The minimum absolute atomic E-state index is 0.195. The van der Waals surface area contributed by atoms with Crippen molar-refractivity contribution in [1.29, 1.82) is 0 Å². The molecule has 4 heteroatoms. The Morgan fingerprint density at radius 1 is 1.39 bits per heavy atom. The van der Waals surface area contributed by atoms with E-state index in [9.17, 15) is 4.39 Å². The first-order chi connectivity index (χ1) is 8.58. The number of hydrogen-bond donors (Lipinski definition) is 2. The van der Waals surface area contributed by atoms with E-state index in [1.165, 1.54) is 6.07 Å². The van der Waals surface area contributed by atoms with Crippen molar-refractivity contribution >= 4 is 0 Å². The molecule has 0 heterocycles. The van der Waals surface area contributed by atoms with E-state index < -0.39 is 0 Å². The Labute approximate surface area is 108 Å². The van der Waals surface area contributed by atoms with E-state index in [0.717, 1.165) is 25.1 Å². The predicted octanol–water partition coefficient (Wildman–Crippen LogP) is 1.88. The van der Waals surface area contributed by atoms with Gasteiger partial charge in [0.25, 0.3) is 0 Å². The maximum atomic E-state index is 13.3. The summed E-state index contributed by atoms with van der Waals surface area (Å²) in [6.45, 7) is 6.24. The average Bonchev–Trinajstić information content (AvgIpc) is 2.36. The van der Waals surface area contributed by atoms with Crippen LogP contribution in [0.1, 0.15) is 31.4 Å². The zero-order valence-electron chi connectivity index (χ0n) is 11.2. The number of rotatable bonds is 7. The van der Waals surface area contributed by atoms with Crippen LogP contribution in [0, 0.1) is 5.82 Å². The number of nitrogens with two attached hydrogens (primary N) is 1. The smallest absolute Gasteiger partial charge is 0.127 e. The Balaban J connectivity index is 2.74. The zero-order chi connectivity index (χ0) is 13.5. The Bertz CT molecular complexity index is 369. The topological polar surface area (TPSA) is 49.5 Å². The number of hydrogen-bond acceptors (Lipinski definition) is 3. The van der Waals surface area contributed by atoms with Crippen LogP contribution in [0.3, 0.4) is 0 Å². The second kappa shape index (κ2) is 7.46. The van der Waals surface area contributed by atoms with Crippen LogP contribution < -0.4 is 5.73 Å². The van der Waals surface area contributed by atoms with Gasteiger partial charge < -0.3 is 10.8 Å². The third-order valence-corrected chi connectivity index (χ3v) is 3.05. The van der Waals surface area contributed by atoms with Crippen LogP contribution in [0.25, 0.3) is 0 Å². The van der Waals surface area contributed by atoms with Crippen LogP contribution in [0.2, 0.25) is 0 Å². The molecule has 1 aromatic carbocycles. The maximum Gasteiger partial charge on any atom is 0.127 e. The summed E-state index contributed by atoms with van der Waals surface area (Å²) in [4.78, 5) is 2.25. The van der Waals surface area contributed by atoms with Crippen LogP contribution in [-0.2, 0) is 13.1 Å². The van der Waals surface area contributed by atoms with E-state index in [-0.39, 0.29) is 19.0 Å². The van der Waals surface area contributed by atoms with Gasteiger partial charge in [-0.05, 0) is 31.9 Å². The SMILES string of the molecule is CC(C)N(CCCO)Cc1ccc(F)c(CN)c1. The molecule has 0 saturated heterocycles. The summed E-state index contributed by atoms with van der Waals surface area (Å²) < 4.78 is 13.3. The summed E-state index contributed by atoms with van der Waals surface area (Å²) in [5, 5.41) is 8.89. The molecule has 0 unspecified atom stereocenters. The predicted molar refractivity (Wildman–Crippen MR) is 71.5 cm³/mol. The molecule has 0 aliphatic rings. The van der Waals surface area contributed by atoms with Gasteiger partial charge in [0.15, 0.2) is 0 Å². The molecule has 0 saturated carbocycles. The molecule has 1 rings (SSSR count). The lowest BCUT2D eigenvalue weighted by molar-refractivity contribution is 0.185. The highest BCUT2D eigenvalue weighted by atomic mass is 19.1. The molecule has 0 bridgehead atoms. The van der Waals surface area contributed by atoms with Crippen LogP contribution in [-0.4, -0.2) is 29.2 Å². The standard InChI is InChI=1S/C14H23FN2O/c1-11(2)17(6-3-7-18)10-12-4-5-14(15)13(8-12)9-16/h4-5,8,11,18H,3,6-7,9-10,16H2,1-2H3. The molecular weight excluding hydrogens is 231 g/mol. The van der Waals surface area contributed by atoms with Crippen molar-refractivity contribution in [2.45, 2.75) is 39.4 Å². The molecule has 0 radical (unpaired) electrons. The van der Waals surface area contributed by atoms with E-state index in [1.54, 1.807) is 6.07 Å². The van der Waals surface area contributed by atoms with E-state index in [2.05, 4.69) is 18.7 Å². The summed E-state index contributed by atoms with van der Waals surface area (Å²) in [6, 6.07) is 5.48. The number of halogens is 1. The van der Waals surface area contributed by atoms with Crippen LogP contribution in [0.15, 0.2) is 18.2 Å². The van der Waals surface area contributed by atoms with Crippen molar-refractivity contribution in [3.8, 4) is 0 Å². The van der Waals surface area contributed by atoms with Gasteiger partial charge in [-0.2, -0.15) is 0 Å². The number of aliphatic hydroxyl groups excluding tert-OH is 1. The first kappa shape index (κ1) is 15.1. The molecular formula is C14H23FN2O. The molecule has 1 aromatic rings. The lowest BCUT2D eigenvalue weighted by Gasteiger charge is -2.26. The summed E-state index contributed by atoms with van der Waals surface area (Å²) in [6.07, 6.45) is 0.753. The molecule has 0 spiro atoms. The fourth-order valence-electron chi connectivity index (χ4n) is 1.91. The van der Waals surface area contributed by atoms with Crippen molar-refractivity contribution in [2.24, 2.45) is 5.73 Å². The fraction of sp³-hybridized carbons (Fsp3) is 0.571. The third kappa shape index (κ3) is 4.37. The highest BCUT2D eigenvalue weighted by molar-refractivity contribution is 5.25. The van der Waals surface area contributed by atoms with Gasteiger partial charge in [-0.25, -0.2) is 4.39 Å². The highest BCUT2D eigenvalue weighted by Crippen LogP contribution is 2.14. The Morgan fingerprint density at radius 3 is 2.67 bits per heavy atom. The van der Waals surface area contributed by atoms with Crippen LogP contribution in [0.5, 0.6) is 0 Å². The van der Waals surface area contributed by atoms with Crippen molar-refractivity contribution in [1.82, 2.24) is 4.90 Å². The second-order valence-electron chi connectivity index (χ2n) is 4.77. The Morgan fingerprint density at radius 2 is 2.11 bits per heavy atom. The number of nitrogens with zero attached hydrogens (tertiary/aromatic N) is 1. The molecule has 3 nitrogen and oxygen atoms in total. The summed E-state index contributed by atoms with van der Waals surface area (Å²) in [7, 11) is 0. The van der Waals surface area contributed by atoms with Crippen LogP contribution >= 0.6 is 0 Å². The molecule has 0 aliphatic carbocycles. The van der Waals surface area contributed by atoms with Gasteiger partial charge in [0.05, 0.1) is 0 Å². The second-order valence-corrected chi connectivity index (χ2v) is 4.77. The summed E-state index contributed by atoms with van der Waals surface area (Å²) >= 11 is 0. The van der Waals surface area contributed by atoms with Crippen molar-refractivity contribution < 1.29 is 9.50 Å². The Hall–Kier alpha value is -0.970. The maximum absolute atomic E-state index is 13.3. The molecule has 0 fully saturated rings. The lowest BCUT2D eigenvalue weighted by atomic mass is 10.1. The monoisotopic (exact) mass is 254 g/mol. The molecule has 0 atom stereocenters. The number of benzene rings is 1. The van der Waals surface area contributed by atoms with E-state index in [0.29, 0.717) is 11.6 Å². The number of aliphatic hydroxyl groups is 1. The zero-order valence-corrected chi connectivity index (χ0v) is 11.2. The quantitative estimate of drug-likeness (QED) is 0.781. The molecule has 0 aliphatic heterocycles. The van der Waals surface area contributed by atoms with Gasteiger partial charge >= 0.3 is 0 Å². The summed E-state index contributed by atoms with van der Waals surface area (Å²) in [5.74, 6) is -0.243. The minimum atomic E-state index is -0.243. The van der Waals surface area contributed by atoms with Gasteiger partial charge in [0.2, 0.25) is 0 Å². The third-order valence-electron chi connectivity index (χ3n) is 3.05. The van der Waals surface area contributed by atoms with Gasteiger partial charge in [-0.3, -0.25) is 4.90 Å². The normalized spacial score (nSPS) is 11.5. The van der Waals surface area contributed by atoms with Gasteiger partial charge in [0, 0.05) is 37.8 Å². The highest BCUT2D eigenvalue weighted by Gasteiger charge is 2.11. The Kier molecular flexibility index (Phi) is 6.25. The first-order valence-corrected chi connectivity index (χ1v) is 6.40. The van der Waals surface area contributed by atoms with E-state index >= 15 is 0 Å². The van der Waals surface area contributed by atoms with E-state index in [4.69, 9.17) is 10.8 Å². The fourth-order valence-corrected chi connectivity index (χ4v) is 1.91. The molecule has 0 aromatic heterocycles. The molecule has 18 heavy (non-hydrogen) atoms. The lowest BCUT2D eigenvalue weighted by Crippen LogP contribution is -2.31. The van der Waals surface area contributed by atoms with Crippen molar-refractivity contribution in [2.75, 3.05) is 13.2 Å². The van der Waals surface area contributed by atoms with Gasteiger partial charge in [-0.1, -0.05) is 12.1 Å². The molecule has 102 valence electrons. The molecule has 3 N–H and O–H groups in total. The van der Waals surface area contributed by atoms with Crippen molar-refractivity contribution in [3.05, 3.63) is 35.1 Å². The average molecular weight is 254 g/mol. The largest absolute Gasteiger partial charge is 0.396 e. The van der Waals surface area contributed by atoms with Gasteiger partial charge in [0.1, 0.15) is 5.82 Å². The van der Waals surface area contributed by atoms with Crippen LogP contribution in [0.4, 0.5) is 4.39 Å². The van der Waals surface area contributed by atoms with Gasteiger partial charge in [-0.15, -0.1) is 0 Å². The minimum Gasteiger partial charge on any atom is -0.396 e. The molecule has 0 amide bonds. The van der Waals surface area contributed by atoms with E-state index in [1.807, 2.05) is 6.07 Å². The van der Waals surface area contributed by atoms with Crippen molar-refractivity contribution in [3.63, 3.8) is 0 Å². The summed E-state index contributed by atoms with van der Waals surface area (Å²) in [5.41, 5.74) is 7.12.